The Hall–Kier alpha value is -1.25. The summed E-state index contributed by atoms with van der Waals surface area (Å²) in [5, 5.41) is 2.96. The van der Waals surface area contributed by atoms with Crippen LogP contribution < -0.4 is 5.32 Å². The van der Waals surface area contributed by atoms with Crippen LogP contribution in [0, 0.1) is 34.5 Å². The van der Waals surface area contributed by atoms with Gasteiger partial charge < -0.3 is 9.50 Å². The van der Waals surface area contributed by atoms with E-state index in [0.717, 1.165) is 19.3 Å². The number of carbonyl (C=O) groups is 1. The molecule has 0 unspecified atom stereocenters. The minimum Gasteiger partial charge on any atom is -0.380 e. The Bertz CT molecular complexity index is 824. The molecule has 1 N–H and O–H groups in total. The molecular formula is C19H26F3NO4S. The minimum absolute atomic E-state index is 0.0486. The van der Waals surface area contributed by atoms with Gasteiger partial charge in [0.15, 0.2) is 0 Å². The van der Waals surface area contributed by atoms with Crippen LogP contribution in [0.5, 0.6) is 0 Å². The minimum atomic E-state index is -5.66. The van der Waals surface area contributed by atoms with Crippen LogP contribution in [0.15, 0.2) is 11.8 Å². The van der Waals surface area contributed by atoms with Crippen molar-refractivity contribution >= 4 is 16.0 Å². The van der Waals surface area contributed by atoms with Crippen LogP contribution in [-0.4, -0.2) is 26.4 Å². The Labute approximate surface area is 163 Å². The van der Waals surface area contributed by atoms with Crippen molar-refractivity contribution in [1.82, 2.24) is 5.32 Å². The first-order chi connectivity index (χ1) is 12.9. The molecule has 2 saturated carbocycles. The van der Waals surface area contributed by atoms with E-state index in [1.54, 1.807) is 6.08 Å². The number of hydrogen-bond donors (Lipinski definition) is 1. The maximum atomic E-state index is 12.8. The topological polar surface area (TPSA) is 72.5 Å². The van der Waals surface area contributed by atoms with Gasteiger partial charge in [-0.25, -0.2) is 0 Å². The van der Waals surface area contributed by atoms with E-state index in [0.29, 0.717) is 37.6 Å². The third-order valence-corrected chi connectivity index (χ3v) is 9.11. The van der Waals surface area contributed by atoms with Crippen molar-refractivity contribution in [3.8, 4) is 0 Å². The first-order valence-electron chi connectivity index (χ1n) is 9.86. The molecule has 158 valence electrons. The van der Waals surface area contributed by atoms with Gasteiger partial charge in [-0.3, -0.25) is 4.79 Å². The Kier molecular flexibility index (Phi) is 4.38. The van der Waals surface area contributed by atoms with Gasteiger partial charge in [-0.1, -0.05) is 13.8 Å². The summed E-state index contributed by atoms with van der Waals surface area (Å²) < 4.78 is 66.1. The van der Waals surface area contributed by atoms with Crippen molar-refractivity contribution in [1.29, 1.82) is 0 Å². The van der Waals surface area contributed by atoms with E-state index in [2.05, 4.69) is 16.4 Å². The van der Waals surface area contributed by atoms with Crippen LogP contribution in [0.2, 0.25) is 0 Å². The number of halogens is 3. The predicted octanol–water partition coefficient (Wildman–Crippen LogP) is 3.73. The average molecular weight is 421 g/mol. The lowest BCUT2D eigenvalue weighted by molar-refractivity contribution is -0.141. The zero-order valence-corrected chi connectivity index (χ0v) is 16.8. The van der Waals surface area contributed by atoms with Gasteiger partial charge in [0.25, 0.3) is 0 Å². The van der Waals surface area contributed by atoms with Crippen molar-refractivity contribution in [2.24, 2.45) is 34.5 Å². The molecule has 0 bridgehead atoms. The average Bonchev–Trinajstić information content (AvgIpc) is 2.89. The zero-order valence-electron chi connectivity index (χ0n) is 16.0. The Morgan fingerprint density at radius 3 is 2.57 bits per heavy atom. The van der Waals surface area contributed by atoms with Gasteiger partial charge in [-0.05, 0) is 67.3 Å². The van der Waals surface area contributed by atoms with Gasteiger partial charge in [0.2, 0.25) is 5.91 Å². The van der Waals surface area contributed by atoms with Crippen molar-refractivity contribution < 1.29 is 30.6 Å². The van der Waals surface area contributed by atoms with Crippen molar-refractivity contribution in [2.45, 2.75) is 57.9 Å². The van der Waals surface area contributed by atoms with E-state index in [-0.39, 0.29) is 28.9 Å². The van der Waals surface area contributed by atoms with Crippen LogP contribution in [0.25, 0.3) is 0 Å². The number of allylic oxidation sites excluding steroid dienone is 2. The molecule has 28 heavy (non-hydrogen) atoms. The van der Waals surface area contributed by atoms with Crippen LogP contribution in [0.1, 0.15) is 52.4 Å². The van der Waals surface area contributed by atoms with E-state index in [1.165, 1.54) is 0 Å². The van der Waals surface area contributed by atoms with Gasteiger partial charge in [0, 0.05) is 18.4 Å². The van der Waals surface area contributed by atoms with Crippen molar-refractivity contribution in [2.75, 3.05) is 6.54 Å². The maximum absolute atomic E-state index is 12.8. The van der Waals surface area contributed by atoms with Crippen LogP contribution in [0.3, 0.4) is 0 Å². The number of nitrogens with one attached hydrogen (secondary N) is 1. The molecule has 0 spiro atoms. The smallest absolute Gasteiger partial charge is 0.380 e. The highest BCUT2D eigenvalue weighted by molar-refractivity contribution is 7.87. The summed E-state index contributed by atoms with van der Waals surface area (Å²) in [6, 6.07) is 0. The number of alkyl halides is 3. The summed E-state index contributed by atoms with van der Waals surface area (Å²) in [7, 11) is -5.66. The fourth-order valence-corrected chi connectivity index (χ4v) is 7.20. The van der Waals surface area contributed by atoms with Gasteiger partial charge >= 0.3 is 15.6 Å². The highest BCUT2D eigenvalue weighted by Gasteiger charge is 2.61. The van der Waals surface area contributed by atoms with E-state index >= 15 is 0 Å². The summed E-state index contributed by atoms with van der Waals surface area (Å²) in [4.78, 5) is 12.1. The first-order valence-corrected chi connectivity index (χ1v) is 11.3. The number of fused-ring (bicyclic) bond motifs is 5. The van der Waals surface area contributed by atoms with Crippen LogP contribution in [0.4, 0.5) is 13.2 Å². The third-order valence-electron chi connectivity index (χ3n) is 8.14. The molecule has 0 aromatic carbocycles. The molecule has 1 aliphatic heterocycles. The molecule has 0 aromatic rings. The highest BCUT2D eigenvalue weighted by atomic mass is 32.2. The zero-order chi connectivity index (χ0) is 20.5. The van der Waals surface area contributed by atoms with E-state index in [1.807, 2.05) is 6.92 Å². The monoisotopic (exact) mass is 421 g/mol. The number of carbonyl (C=O) groups excluding carboxylic acids is 1. The summed E-state index contributed by atoms with van der Waals surface area (Å²) in [5.41, 5.74) is -6.24. The van der Waals surface area contributed by atoms with Gasteiger partial charge in [0.1, 0.15) is 5.76 Å². The highest BCUT2D eigenvalue weighted by Crippen LogP contribution is 2.65. The van der Waals surface area contributed by atoms with Gasteiger partial charge in [-0.2, -0.15) is 21.6 Å². The van der Waals surface area contributed by atoms with E-state index in [4.69, 9.17) is 0 Å². The maximum Gasteiger partial charge on any atom is 0.534 e. The standard InChI is InChI=1S/C19H26F3NO4S/c1-17-8-7-14-12(4-3-11-10-23-16(24)9-18(11,14)2)13(17)5-6-15(17)27-28(25,26)19(20,21)22/h6,11-14H,3-5,7-10H2,1-2H3,(H,23,24)/t11-,12-,13-,14-,17-,18-/m0/s1. The van der Waals surface area contributed by atoms with Gasteiger partial charge in [-0.15, -0.1) is 0 Å². The Balaban J connectivity index is 1.59. The fourth-order valence-electron chi connectivity index (χ4n) is 6.61. The summed E-state index contributed by atoms with van der Waals surface area (Å²) in [5.74, 6) is 1.07. The Morgan fingerprint density at radius 1 is 1.18 bits per heavy atom. The van der Waals surface area contributed by atoms with Crippen LogP contribution in [-0.2, 0) is 19.1 Å². The predicted molar refractivity (Wildman–Crippen MR) is 95.0 cm³/mol. The summed E-state index contributed by atoms with van der Waals surface area (Å²) in [6.07, 6.45) is 5.82. The lowest BCUT2D eigenvalue weighted by atomic mass is 9.46. The molecule has 0 radical (unpaired) electrons. The molecule has 1 heterocycles. The quantitative estimate of drug-likeness (QED) is 0.545. The van der Waals surface area contributed by atoms with Crippen molar-refractivity contribution in [3.05, 3.63) is 11.8 Å². The molecule has 1 amide bonds. The van der Waals surface area contributed by atoms with E-state index in [9.17, 15) is 26.4 Å². The lowest BCUT2D eigenvalue weighted by Crippen LogP contribution is -2.57. The normalized spacial score (nSPS) is 43.3. The third kappa shape index (κ3) is 2.79. The molecule has 4 rings (SSSR count). The SMILES string of the molecule is C[C@]12CC(=O)NC[C@@H]1CC[C@@H]1[C@@H]2CC[C@]2(C)C(OS(=O)(=O)C(F)(F)F)=CC[C@@H]12. The molecule has 4 aliphatic rings. The molecule has 1 saturated heterocycles. The first kappa shape index (κ1) is 20.0. The molecule has 9 heteroatoms. The van der Waals surface area contributed by atoms with E-state index < -0.39 is 21.0 Å². The molecule has 5 nitrogen and oxygen atoms in total. The number of hydrogen-bond acceptors (Lipinski definition) is 4. The number of rotatable bonds is 2. The molecule has 3 aliphatic carbocycles. The second-order valence-corrected chi connectivity index (χ2v) is 10.9. The second-order valence-electron chi connectivity index (χ2n) is 9.38. The fraction of sp³-hybridized carbons (Fsp3) is 0.842. The largest absolute Gasteiger partial charge is 0.534 e. The second kappa shape index (κ2) is 6.12. The lowest BCUT2D eigenvalue weighted by Gasteiger charge is -2.59. The Morgan fingerprint density at radius 2 is 1.89 bits per heavy atom. The van der Waals surface area contributed by atoms with Crippen molar-refractivity contribution in [3.63, 3.8) is 0 Å². The molecule has 6 atom stereocenters. The number of amides is 1. The number of piperidine rings is 1. The van der Waals surface area contributed by atoms with Crippen LogP contribution >= 0.6 is 0 Å². The summed E-state index contributed by atoms with van der Waals surface area (Å²) in [6.45, 7) is 4.71. The molecule has 0 aromatic heterocycles. The van der Waals surface area contributed by atoms with Gasteiger partial charge in [0.05, 0.1) is 0 Å². The molecule has 3 fully saturated rings. The molecular weight excluding hydrogens is 395 g/mol. The summed E-state index contributed by atoms with van der Waals surface area (Å²) >= 11 is 0.